The highest BCUT2D eigenvalue weighted by Gasteiger charge is 2.13. The van der Waals surface area contributed by atoms with Crippen LogP contribution < -0.4 is 5.32 Å². The molecule has 1 atom stereocenters. The van der Waals surface area contributed by atoms with Gasteiger partial charge in [-0.3, -0.25) is 0 Å². The zero-order chi connectivity index (χ0) is 12.1. The third-order valence-electron chi connectivity index (χ3n) is 2.26. The second-order valence-electron chi connectivity index (χ2n) is 4.77. The molecule has 16 heavy (non-hydrogen) atoms. The molecular weight excluding hydrogens is 222 g/mol. The van der Waals surface area contributed by atoms with Crippen molar-refractivity contribution >= 4 is 16.7 Å². The van der Waals surface area contributed by atoms with Gasteiger partial charge in [0, 0.05) is 17.5 Å². The molecule has 1 aromatic heterocycles. The molecule has 0 aliphatic heterocycles. The number of hydrogen-bond acceptors (Lipinski definition) is 5. The maximum absolute atomic E-state index is 9.25. The van der Waals surface area contributed by atoms with Crippen LogP contribution in [-0.4, -0.2) is 27.1 Å². The quantitative estimate of drug-likeness (QED) is 0.806. The molecule has 2 N–H and O–H groups in total. The van der Waals surface area contributed by atoms with E-state index in [1.807, 2.05) is 0 Å². The standard InChI is InChI=1S/C11H21N3OS/c1-7(2)5-9(6-15)12-11-13-10(8(3)4)14-16-11/h7-9,15H,5-6H2,1-4H3,(H,12,13,14). The minimum absolute atomic E-state index is 0.0768. The smallest absolute Gasteiger partial charge is 0.202 e. The maximum atomic E-state index is 9.25. The highest BCUT2D eigenvalue weighted by atomic mass is 32.1. The summed E-state index contributed by atoms with van der Waals surface area (Å²) in [6.45, 7) is 8.57. The van der Waals surface area contributed by atoms with E-state index in [-0.39, 0.29) is 12.6 Å². The Labute approximate surface area is 101 Å². The fourth-order valence-electron chi connectivity index (χ4n) is 1.45. The first kappa shape index (κ1) is 13.4. The van der Waals surface area contributed by atoms with Crippen LogP contribution in [0.5, 0.6) is 0 Å². The molecule has 0 bridgehead atoms. The summed E-state index contributed by atoms with van der Waals surface area (Å²) < 4.78 is 4.27. The van der Waals surface area contributed by atoms with Gasteiger partial charge in [-0.15, -0.1) is 0 Å². The average Bonchev–Trinajstić information content (AvgIpc) is 2.64. The molecule has 1 rings (SSSR count). The summed E-state index contributed by atoms with van der Waals surface area (Å²) in [6, 6.07) is 0.0768. The van der Waals surface area contributed by atoms with Gasteiger partial charge in [0.2, 0.25) is 5.13 Å². The summed E-state index contributed by atoms with van der Waals surface area (Å²) in [4.78, 5) is 4.39. The highest BCUT2D eigenvalue weighted by Crippen LogP contribution is 2.19. The van der Waals surface area contributed by atoms with E-state index >= 15 is 0 Å². The topological polar surface area (TPSA) is 58.0 Å². The predicted molar refractivity (Wildman–Crippen MR) is 67.9 cm³/mol. The molecule has 1 unspecified atom stereocenters. The van der Waals surface area contributed by atoms with Gasteiger partial charge in [0.25, 0.3) is 0 Å². The highest BCUT2D eigenvalue weighted by molar-refractivity contribution is 7.09. The van der Waals surface area contributed by atoms with E-state index in [9.17, 15) is 5.11 Å². The van der Waals surface area contributed by atoms with Crippen molar-refractivity contribution in [3.8, 4) is 0 Å². The van der Waals surface area contributed by atoms with Gasteiger partial charge in [-0.2, -0.15) is 4.37 Å². The van der Waals surface area contributed by atoms with Crippen LogP contribution in [-0.2, 0) is 0 Å². The molecule has 92 valence electrons. The minimum Gasteiger partial charge on any atom is -0.394 e. The molecule has 4 nitrogen and oxygen atoms in total. The molecule has 1 aromatic rings. The van der Waals surface area contributed by atoms with Gasteiger partial charge in [-0.25, -0.2) is 4.98 Å². The average molecular weight is 243 g/mol. The van der Waals surface area contributed by atoms with E-state index in [4.69, 9.17) is 0 Å². The Hall–Kier alpha value is -0.680. The Morgan fingerprint density at radius 3 is 2.44 bits per heavy atom. The molecular formula is C11H21N3OS. The normalized spacial score (nSPS) is 13.4. The zero-order valence-electron chi connectivity index (χ0n) is 10.4. The van der Waals surface area contributed by atoms with E-state index in [0.717, 1.165) is 17.4 Å². The second-order valence-corrected chi connectivity index (χ2v) is 5.52. The molecule has 0 saturated heterocycles. The van der Waals surface area contributed by atoms with Gasteiger partial charge in [0.1, 0.15) is 5.82 Å². The van der Waals surface area contributed by atoms with Crippen molar-refractivity contribution in [3.05, 3.63) is 5.82 Å². The van der Waals surface area contributed by atoms with Crippen molar-refractivity contribution in [2.75, 3.05) is 11.9 Å². The Morgan fingerprint density at radius 1 is 1.31 bits per heavy atom. The van der Waals surface area contributed by atoms with Crippen LogP contribution in [0.3, 0.4) is 0 Å². The van der Waals surface area contributed by atoms with Gasteiger partial charge in [-0.1, -0.05) is 27.7 Å². The van der Waals surface area contributed by atoms with Crippen molar-refractivity contribution in [1.82, 2.24) is 9.36 Å². The van der Waals surface area contributed by atoms with Crippen LogP contribution in [0.25, 0.3) is 0 Å². The van der Waals surface area contributed by atoms with E-state index in [1.54, 1.807) is 0 Å². The van der Waals surface area contributed by atoms with E-state index < -0.39 is 0 Å². The predicted octanol–water partition coefficient (Wildman–Crippen LogP) is 2.48. The van der Waals surface area contributed by atoms with Crippen molar-refractivity contribution in [1.29, 1.82) is 0 Å². The number of rotatable bonds is 6. The lowest BCUT2D eigenvalue weighted by Crippen LogP contribution is -2.25. The number of hydrogen-bond donors (Lipinski definition) is 2. The summed E-state index contributed by atoms with van der Waals surface area (Å²) >= 11 is 1.37. The number of aliphatic hydroxyl groups excluding tert-OH is 1. The van der Waals surface area contributed by atoms with E-state index in [1.165, 1.54) is 11.5 Å². The van der Waals surface area contributed by atoms with Crippen LogP contribution in [0.2, 0.25) is 0 Å². The van der Waals surface area contributed by atoms with Crippen LogP contribution in [0.15, 0.2) is 0 Å². The lowest BCUT2D eigenvalue weighted by atomic mass is 10.0. The first-order chi connectivity index (χ1) is 7.52. The number of aliphatic hydroxyl groups is 1. The third-order valence-corrected chi connectivity index (χ3v) is 2.92. The molecule has 0 radical (unpaired) electrons. The largest absolute Gasteiger partial charge is 0.394 e. The third kappa shape index (κ3) is 4.06. The summed E-state index contributed by atoms with van der Waals surface area (Å²) in [5.41, 5.74) is 0. The van der Waals surface area contributed by atoms with Crippen LogP contribution >= 0.6 is 11.5 Å². The van der Waals surface area contributed by atoms with Gasteiger partial charge < -0.3 is 10.4 Å². The zero-order valence-corrected chi connectivity index (χ0v) is 11.2. The number of anilines is 1. The first-order valence-electron chi connectivity index (χ1n) is 5.74. The molecule has 0 aliphatic carbocycles. The van der Waals surface area contributed by atoms with Gasteiger partial charge in [0.15, 0.2) is 0 Å². The molecule has 1 heterocycles. The molecule has 0 saturated carbocycles. The Kier molecular flexibility index (Phi) is 5.15. The number of aromatic nitrogens is 2. The maximum Gasteiger partial charge on any atom is 0.202 e. The van der Waals surface area contributed by atoms with Crippen molar-refractivity contribution in [2.45, 2.75) is 46.1 Å². The molecule has 0 fully saturated rings. The van der Waals surface area contributed by atoms with Gasteiger partial charge >= 0.3 is 0 Å². The van der Waals surface area contributed by atoms with Crippen molar-refractivity contribution < 1.29 is 5.11 Å². The minimum atomic E-state index is 0.0768. The summed E-state index contributed by atoms with van der Waals surface area (Å²) in [7, 11) is 0. The fraction of sp³-hybridized carbons (Fsp3) is 0.818. The van der Waals surface area contributed by atoms with Crippen molar-refractivity contribution in [3.63, 3.8) is 0 Å². The number of nitrogens with zero attached hydrogens (tertiary/aromatic N) is 2. The summed E-state index contributed by atoms with van der Waals surface area (Å²) in [6.07, 6.45) is 0.938. The Morgan fingerprint density at radius 2 is 2.00 bits per heavy atom. The SMILES string of the molecule is CC(C)CC(CO)Nc1nc(C(C)C)ns1. The van der Waals surface area contributed by atoms with E-state index in [2.05, 4.69) is 42.4 Å². The van der Waals surface area contributed by atoms with E-state index in [0.29, 0.717) is 11.8 Å². The fourth-order valence-corrected chi connectivity index (χ4v) is 2.24. The lowest BCUT2D eigenvalue weighted by Gasteiger charge is -2.16. The van der Waals surface area contributed by atoms with Crippen LogP contribution in [0.4, 0.5) is 5.13 Å². The second kappa shape index (κ2) is 6.15. The monoisotopic (exact) mass is 243 g/mol. The molecule has 0 amide bonds. The lowest BCUT2D eigenvalue weighted by molar-refractivity contribution is 0.259. The van der Waals surface area contributed by atoms with Crippen LogP contribution in [0, 0.1) is 5.92 Å². The Balaban J connectivity index is 2.56. The summed E-state index contributed by atoms with van der Waals surface area (Å²) in [5.74, 6) is 1.78. The number of nitrogens with one attached hydrogen (secondary N) is 1. The summed E-state index contributed by atoms with van der Waals surface area (Å²) in [5, 5.41) is 13.3. The Bertz CT molecular complexity index is 312. The van der Waals surface area contributed by atoms with Crippen molar-refractivity contribution in [2.24, 2.45) is 5.92 Å². The molecule has 0 aromatic carbocycles. The molecule has 0 aliphatic rings. The van der Waals surface area contributed by atoms with Crippen LogP contribution in [0.1, 0.15) is 45.9 Å². The van der Waals surface area contributed by atoms with Gasteiger partial charge in [0.05, 0.1) is 12.6 Å². The molecule has 0 spiro atoms. The molecule has 5 heteroatoms. The van der Waals surface area contributed by atoms with Gasteiger partial charge in [-0.05, 0) is 12.3 Å². The first-order valence-corrected chi connectivity index (χ1v) is 6.51.